The Morgan fingerprint density at radius 1 is 1.03 bits per heavy atom. The van der Waals surface area contributed by atoms with E-state index >= 15 is 0 Å². The Bertz CT molecular complexity index is 1520. The molecular weight excluding hydrogens is 444 g/mol. The van der Waals surface area contributed by atoms with Gasteiger partial charge in [0, 0.05) is 24.5 Å². The highest BCUT2D eigenvalue weighted by Crippen LogP contribution is 2.33. The van der Waals surface area contributed by atoms with Gasteiger partial charge in [-0.3, -0.25) is 15.0 Å². The van der Waals surface area contributed by atoms with Gasteiger partial charge in [-0.25, -0.2) is 9.97 Å². The molecule has 0 aromatic carbocycles. The van der Waals surface area contributed by atoms with Gasteiger partial charge in [-0.15, -0.1) is 11.3 Å². The van der Waals surface area contributed by atoms with Crippen LogP contribution in [0, 0.1) is 0 Å². The maximum absolute atomic E-state index is 9.80. The second-order valence-corrected chi connectivity index (χ2v) is 9.08. The molecule has 0 saturated carbocycles. The van der Waals surface area contributed by atoms with Crippen molar-refractivity contribution in [2.45, 2.75) is 6.42 Å². The molecular formula is C23H15ClN6OS. The summed E-state index contributed by atoms with van der Waals surface area (Å²) in [5.41, 5.74) is 6.48. The second kappa shape index (κ2) is 7.51. The van der Waals surface area contributed by atoms with E-state index < -0.39 is 0 Å². The number of H-pyrrole nitrogens is 1. The third-order valence-corrected chi connectivity index (χ3v) is 6.54. The van der Waals surface area contributed by atoms with Gasteiger partial charge in [-0.2, -0.15) is 0 Å². The zero-order valence-corrected chi connectivity index (χ0v) is 18.2. The first kappa shape index (κ1) is 19.1. The Morgan fingerprint density at radius 2 is 1.97 bits per heavy atom. The van der Waals surface area contributed by atoms with Crippen LogP contribution < -0.4 is 0 Å². The lowest BCUT2D eigenvalue weighted by Crippen LogP contribution is -2.17. The van der Waals surface area contributed by atoms with Crippen LogP contribution in [-0.2, 0) is 6.42 Å². The molecule has 0 aliphatic carbocycles. The molecule has 9 heteroatoms. The van der Waals surface area contributed by atoms with Crippen LogP contribution in [0.15, 0.2) is 60.0 Å². The van der Waals surface area contributed by atoms with E-state index in [9.17, 15) is 5.11 Å². The van der Waals surface area contributed by atoms with Crippen molar-refractivity contribution in [1.82, 2.24) is 24.9 Å². The molecule has 0 spiro atoms. The molecule has 6 rings (SSSR count). The van der Waals surface area contributed by atoms with Crippen LogP contribution in [0.2, 0.25) is 4.34 Å². The van der Waals surface area contributed by atoms with E-state index in [1.807, 2.05) is 24.3 Å². The molecule has 156 valence electrons. The molecule has 5 aromatic rings. The summed E-state index contributed by atoms with van der Waals surface area (Å²) in [6, 6.07) is 11.4. The molecule has 2 N–H and O–H groups in total. The molecule has 0 unspecified atom stereocenters. The molecule has 0 amide bonds. The van der Waals surface area contributed by atoms with Gasteiger partial charge in [0.05, 0.1) is 32.3 Å². The highest BCUT2D eigenvalue weighted by molar-refractivity contribution is 7.19. The van der Waals surface area contributed by atoms with Gasteiger partial charge in [-0.1, -0.05) is 17.7 Å². The summed E-state index contributed by atoms with van der Waals surface area (Å²) in [4.78, 5) is 27.4. The lowest BCUT2D eigenvalue weighted by molar-refractivity contribution is 0.473. The van der Waals surface area contributed by atoms with Gasteiger partial charge >= 0.3 is 0 Å². The average molecular weight is 459 g/mol. The van der Waals surface area contributed by atoms with Gasteiger partial charge in [0.15, 0.2) is 5.82 Å². The van der Waals surface area contributed by atoms with Crippen LogP contribution in [0.3, 0.4) is 0 Å². The van der Waals surface area contributed by atoms with Crippen LogP contribution in [0.1, 0.15) is 17.1 Å². The number of pyridine rings is 3. The van der Waals surface area contributed by atoms with E-state index in [-0.39, 0.29) is 5.75 Å². The van der Waals surface area contributed by atoms with Crippen LogP contribution in [0.5, 0.6) is 5.75 Å². The summed E-state index contributed by atoms with van der Waals surface area (Å²) in [6.07, 6.45) is 5.65. The van der Waals surface area contributed by atoms with Crippen molar-refractivity contribution in [1.29, 1.82) is 0 Å². The number of aliphatic imine (C=N–C) groups is 1. The Balaban J connectivity index is 1.47. The fourth-order valence-electron chi connectivity index (χ4n) is 3.84. The molecule has 5 aromatic heterocycles. The van der Waals surface area contributed by atoms with Crippen molar-refractivity contribution in [3.8, 4) is 27.6 Å². The van der Waals surface area contributed by atoms with Gasteiger partial charge in [0.25, 0.3) is 0 Å². The minimum absolute atomic E-state index is 0.0990. The Morgan fingerprint density at radius 3 is 2.81 bits per heavy atom. The monoisotopic (exact) mass is 458 g/mol. The molecule has 0 bridgehead atoms. The third-order valence-electron chi connectivity index (χ3n) is 5.31. The van der Waals surface area contributed by atoms with Gasteiger partial charge < -0.3 is 10.1 Å². The quantitative estimate of drug-likeness (QED) is 0.400. The van der Waals surface area contributed by atoms with E-state index in [0.717, 1.165) is 44.8 Å². The molecule has 7 nitrogen and oxygen atoms in total. The number of hydrogen-bond donors (Lipinski definition) is 2. The summed E-state index contributed by atoms with van der Waals surface area (Å²) in [5.74, 6) is 0.749. The van der Waals surface area contributed by atoms with Crippen molar-refractivity contribution < 1.29 is 5.11 Å². The Kier molecular flexibility index (Phi) is 4.48. The smallest absolute Gasteiger partial charge is 0.159 e. The van der Waals surface area contributed by atoms with Crippen molar-refractivity contribution in [3.05, 3.63) is 76.4 Å². The zero-order chi connectivity index (χ0) is 21.7. The van der Waals surface area contributed by atoms with E-state index in [4.69, 9.17) is 26.6 Å². The van der Waals surface area contributed by atoms with Gasteiger partial charge in [-0.05, 0) is 42.3 Å². The van der Waals surface area contributed by atoms with E-state index in [1.54, 1.807) is 18.5 Å². The molecule has 32 heavy (non-hydrogen) atoms. The van der Waals surface area contributed by atoms with Crippen LogP contribution in [0.4, 0.5) is 0 Å². The molecule has 6 heterocycles. The SMILES string of the molecule is Oc1cncc(-c2ccc3c(n2)C(c2nc4c(-c5ccc(Cl)s5)nccc4[nH]2)=NCC3)c1. The number of rotatable bonds is 3. The minimum Gasteiger partial charge on any atom is -0.506 e. The van der Waals surface area contributed by atoms with Crippen LogP contribution in [-0.4, -0.2) is 42.3 Å². The fourth-order valence-corrected chi connectivity index (χ4v) is 4.88. The summed E-state index contributed by atoms with van der Waals surface area (Å²) in [7, 11) is 0. The first-order chi connectivity index (χ1) is 15.7. The lowest BCUT2D eigenvalue weighted by atomic mass is 10.0. The van der Waals surface area contributed by atoms with Gasteiger partial charge in [0.2, 0.25) is 0 Å². The number of imidazole rings is 1. The number of halogens is 1. The lowest BCUT2D eigenvalue weighted by Gasteiger charge is -2.15. The normalized spacial score (nSPS) is 13.2. The number of aromatic amines is 1. The number of nitrogens with zero attached hydrogens (tertiary/aromatic N) is 5. The van der Waals surface area contributed by atoms with Crippen molar-refractivity contribution >= 4 is 39.7 Å². The molecule has 0 radical (unpaired) electrons. The summed E-state index contributed by atoms with van der Waals surface area (Å²) >= 11 is 7.60. The predicted octanol–water partition coefficient (Wildman–Crippen LogP) is 4.90. The molecule has 0 saturated heterocycles. The van der Waals surface area contributed by atoms with Gasteiger partial charge in [0.1, 0.15) is 22.7 Å². The number of aromatic hydroxyl groups is 1. The highest BCUT2D eigenvalue weighted by Gasteiger charge is 2.22. The molecule has 1 aliphatic rings. The fraction of sp³-hybridized carbons (Fsp3) is 0.0870. The van der Waals surface area contributed by atoms with Crippen LogP contribution >= 0.6 is 22.9 Å². The largest absolute Gasteiger partial charge is 0.506 e. The number of nitrogens with one attached hydrogen (secondary N) is 1. The maximum Gasteiger partial charge on any atom is 0.159 e. The Labute approximate surface area is 191 Å². The third kappa shape index (κ3) is 3.24. The van der Waals surface area contributed by atoms with E-state index in [0.29, 0.717) is 28.1 Å². The summed E-state index contributed by atoms with van der Waals surface area (Å²) < 4.78 is 0.707. The molecule has 0 fully saturated rings. The zero-order valence-electron chi connectivity index (χ0n) is 16.6. The first-order valence-electron chi connectivity index (χ1n) is 9.95. The summed E-state index contributed by atoms with van der Waals surface area (Å²) in [6.45, 7) is 0.666. The maximum atomic E-state index is 9.80. The van der Waals surface area contributed by atoms with Crippen LogP contribution in [0.25, 0.3) is 32.9 Å². The van der Waals surface area contributed by atoms with Crippen molar-refractivity contribution in [2.24, 2.45) is 4.99 Å². The van der Waals surface area contributed by atoms with E-state index in [1.165, 1.54) is 17.5 Å². The molecule has 1 aliphatic heterocycles. The minimum atomic E-state index is 0.0990. The highest BCUT2D eigenvalue weighted by atomic mass is 35.5. The standard InChI is InChI=1S/C23H15ClN6OS/c24-18-4-3-17(32-18)21-20-16(6-8-26-21)29-23(30-20)22-19-12(5-7-27-22)1-2-15(28-19)13-9-14(31)11-25-10-13/h1-4,6,8-11,31H,5,7H2,(H,29,30). The summed E-state index contributed by atoms with van der Waals surface area (Å²) in [5, 5.41) is 9.80. The molecule has 0 atom stereocenters. The number of aromatic nitrogens is 5. The Hall–Kier alpha value is -3.62. The van der Waals surface area contributed by atoms with Crippen molar-refractivity contribution in [3.63, 3.8) is 0 Å². The number of fused-ring (bicyclic) bond motifs is 2. The van der Waals surface area contributed by atoms with Crippen molar-refractivity contribution in [2.75, 3.05) is 6.54 Å². The second-order valence-electron chi connectivity index (χ2n) is 7.36. The first-order valence-corrected chi connectivity index (χ1v) is 11.1. The number of thiophene rings is 1. The number of hydrogen-bond acceptors (Lipinski definition) is 7. The average Bonchev–Trinajstić information content (AvgIpc) is 3.44. The van der Waals surface area contributed by atoms with E-state index in [2.05, 4.69) is 21.0 Å². The predicted molar refractivity (Wildman–Crippen MR) is 126 cm³/mol. The topological polar surface area (TPSA) is 99.9 Å².